The number of carbonyl (C=O) groups is 3. The van der Waals surface area contributed by atoms with Gasteiger partial charge in [-0.3, -0.25) is 9.59 Å². The lowest BCUT2D eigenvalue weighted by molar-refractivity contribution is -0.576. The minimum atomic E-state index is -1.18. The monoisotopic (exact) mass is 487 g/mol. The summed E-state index contributed by atoms with van der Waals surface area (Å²) in [5.41, 5.74) is -0.741. The van der Waals surface area contributed by atoms with Gasteiger partial charge in [0.25, 0.3) is 0 Å². The number of nitrogens with one attached hydrogen (secondary N) is 1. The van der Waals surface area contributed by atoms with E-state index in [0.717, 1.165) is 19.3 Å². The van der Waals surface area contributed by atoms with Crippen LogP contribution in [0, 0.1) is 23.7 Å². The number of aliphatic carboxylic acids is 1. The average molecular weight is 488 g/mol. The molecule has 1 saturated carbocycles. The molecule has 1 spiro atoms. The molecule has 4 saturated heterocycles. The number of carbonyl (C=O) groups excluding carboxylic acids is 2. The quantitative estimate of drug-likeness (QED) is 0.280. The number of fused-ring (bicyclic) bond motifs is 2. The zero-order valence-electron chi connectivity index (χ0n) is 19.2. The molecule has 5 rings (SSSR count). The Morgan fingerprint density at radius 3 is 2.61 bits per heavy atom. The van der Waals surface area contributed by atoms with E-state index < -0.39 is 47.9 Å². The number of carboxylic acid groups (broad SMARTS) is 1. The molecule has 5 fully saturated rings. The van der Waals surface area contributed by atoms with Crippen LogP contribution in [0.1, 0.15) is 59.3 Å². The van der Waals surface area contributed by atoms with Crippen LogP contribution in [0.15, 0.2) is 0 Å². The van der Waals surface area contributed by atoms with E-state index in [0.29, 0.717) is 12.3 Å². The van der Waals surface area contributed by atoms with E-state index >= 15 is 0 Å². The number of thiol groups is 1. The SMILES string of the molecule is C[C@H]1[C@H](OC(=O)CCC(=O)N[C@@H](CS)C(=O)O)O[C@@H]2O[C@@]3(C)CC[C@H]4[C@H](C)CC[C@@H]1[C@]24OO3. The Labute approximate surface area is 198 Å². The van der Waals surface area contributed by atoms with Gasteiger partial charge in [0, 0.05) is 30.4 Å². The van der Waals surface area contributed by atoms with Crippen molar-refractivity contribution in [3.8, 4) is 0 Å². The lowest BCUT2D eigenvalue weighted by Gasteiger charge is -2.59. The van der Waals surface area contributed by atoms with Gasteiger partial charge in [0.15, 0.2) is 11.9 Å². The summed E-state index contributed by atoms with van der Waals surface area (Å²) >= 11 is 3.90. The zero-order chi connectivity index (χ0) is 24.0. The molecule has 4 heterocycles. The summed E-state index contributed by atoms with van der Waals surface area (Å²) in [5.74, 6) is -2.81. The first-order chi connectivity index (χ1) is 15.6. The molecule has 9 atom stereocenters. The number of carboxylic acids is 1. The molecule has 0 aromatic rings. The smallest absolute Gasteiger partial charge is 0.327 e. The Bertz CT molecular complexity index is 796. The third-order valence-electron chi connectivity index (χ3n) is 7.72. The van der Waals surface area contributed by atoms with Crippen LogP contribution < -0.4 is 5.32 Å². The van der Waals surface area contributed by atoms with E-state index in [1.54, 1.807) is 0 Å². The van der Waals surface area contributed by atoms with Crippen LogP contribution in [0.3, 0.4) is 0 Å². The Hall–Kier alpha value is -1.40. The summed E-state index contributed by atoms with van der Waals surface area (Å²) in [6, 6.07) is -1.11. The molecule has 33 heavy (non-hydrogen) atoms. The summed E-state index contributed by atoms with van der Waals surface area (Å²) in [6.07, 6.45) is 1.54. The van der Waals surface area contributed by atoms with Gasteiger partial charge in [-0.2, -0.15) is 12.6 Å². The molecule has 5 aliphatic rings. The van der Waals surface area contributed by atoms with Gasteiger partial charge in [-0.25, -0.2) is 14.6 Å². The summed E-state index contributed by atoms with van der Waals surface area (Å²) < 4.78 is 18.0. The van der Waals surface area contributed by atoms with E-state index in [1.165, 1.54) is 0 Å². The van der Waals surface area contributed by atoms with E-state index in [-0.39, 0.29) is 36.3 Å². The van der Waals surface area contributed by atoms with Gasteiger partial charge >= 0.3 is 11.9 Å². The molecule has 0 aromatic carbocycles. The highest BCUT2D eigenvalue weighted by molar-refractivity contribution is 7.80. The van der Waals surface area contributed by atoms with E-state index in [1.807, 2.05) is 13.8 Å². The summed E-state index contributed by atoms with van der Waals surface area (Å²) in [7, 11) is 0. The largest absolute Gasteiger partial charge is 0.480 e. The lowest BCUT2D eigenvalue weighted by Crippen LogP contribution is -2.70. The van der Waals surface area contributed by atoms with Crippen LogP contribution in [0.2, 0.25) is 0 Å². The van der Waals surface area contributed by atoms with Crippen molar-refractivity contribution in [3.63, 3.8) is 0 Å². The van der Waals surface area contributed by atoms with Crippen LogP contribution in [0.25, 0.3) is 0 Å². The third-order valence-corrected chi connectivity index (χ3v) is 8.08. The van der Waals surface area contributed by atoms with E-state index in [2.05, 4.69) is 24.9 Å². The second kappa shape index (κ2) is 9.33. The third kappa shape index (κ3) is 4.50. The highest BCUT2D eigenvalue weighted by atomic mass is 32.1. The molecule has 1 aliphatic carbocycles. The van der Waals surface area contributed by atoms with Gasteiger partial charge in [-0.1, -0.05) is 13.8 Å². The highest BCUT2D eigenvalue weighted by Gasteiger charge is 2.69. The maximum absolute atomic E-state index is 12.5. The second-order valence-corrected chi connectivity index (χ2v) is 10.3. The van der Waals surface area contributed by atoms with Crippen LogP contribution in [0.5, 0.6) is 0 Å². The maximum Gasteiger partial charge on any atom is 0.327 e. The highest BCUT2D eigenvalue weighted by Crippen LogP contribution is 2.60. The van der Waals surface area contributed by atoms with Crippen molar-refractivity contribution in [2.45, 2.75) is 89.3 Å². The van der Waals surface area contributed by atoms with Gasteiger partial charge in [0.1, 0.15) is 6.04 Å². The predicted molar refractivity (Wildman–Crippen MR) is 116 cm³/mol. The van der Waals surface area contributed by atoms with Crippen molar-refractivity contribution >= 4 is 30.5 Å². The second-order valence-electron chi connectivity index (χ2n) is 9.90. The predicted octanol–water partition coefficient (Wildman–Crippen LogP) is 2.02. The molecule has 0 unspecified atom stereocenters. The van der Waals surface area contributed by atoms with Gasteiger partial charge in [-0.15, -0.1) is 0 Å². The van der Waals surface area contributed by atoms with Crippen LogP contribution in [-0.4, -0.2) is 58.7 Å². The molecule has 0 aromatic heterocycles. The fraction of sp³-hybridized carbons (Fsp3) is 0.864. The number of amides is 1. The molecule has 2 bridgehead atoms. The van der Waals surface area contributed by atoms with Crippen molar-refractivity contribution in [2.24, 2.45) is 23.7 Å². The number of hydrogen-bond acceptors (Lipinski definition) is 9. The van der Waals surface area contributed by atoms with Crippen molar-refractivity contribution in [1.82, 2.24) is 5.32 Å². The van der Waals surface area contributed by atoms with Crippen LogP contribution in [0.4, 0.5) is 0 Å². The first kappa shape index (κ1) is 24.7. The van der Waals surface area contributed by atoms with Gasteiger partial charge in [0.05, 0.1) is 6.42 Å². The Morgan fingerprint density at radius 1 is 1.15 bits per heavy atom. The lowest BCUT2D eigenvalue weighted by atomic mass is 9.58. The molecule has 186 valence electrons. The minimum Gasteiger partial charge on any atom is -0.480 e. The molecule has 2 N–H and O–H groups in total. The molecule has 10 nitrogen and oxygen atoms in total. The molecule has 0 radical (unpaired) electrons. The maximum atomic E-state index is 12.5. The molecule has 1 amide bonds. The van der Waals surface area contributed by atoms with E-state index in [9.17, 15) is 14.4 Å². The number of rotatable bonds is 7. The van der Waals surface area contributed by atoms with Gasteiger partial charge in [-0.05, 0) is 38.0 Å². The minimum absolute atomic E-state index is 0.0212. The summed E-state index contributed by atoms with van der Waals surface area (Å²) in [5, 5.41) is 11.3. The van der Waals surface area contributed by atoms with Gasteiger partial charge < -0.3 is 24.6 Å². The average Bonchev–Trinajstić information content (AvgIpc) is 3.00. The number of ether oxygens (including phenoxy) is 3. The molecular formula is C22H33NO9S. The fourth-order valence-corrected chi connectivity index (χ4v) is 6.11. The van der Waals surface area contributed by atoms with Crippen molar-refractivity contribution in [1.29, 1.82) is 0 Å². The fourth-order valence-electron chi connectivity index (χ4n) is 5.86. The normalized spacial score (nSPS) is 42.5. The topological polar surface area (TPSA) is 130 Å². The summed E-state index contributed by atoms with van der Waals surface area (Å²) in [6.45, 7) is 6.02. The Balaban J connectivity index is 1.41. The van der Waals surface area contributed by atoms with Crippen molar-refractivity contribution < 1.29 is 43.5 Å². The van der Waals surface area contributed by atoms with Gasteiger partial charge in [0.2, 0.25) is 18.0 Å². The van der Waals surface area contributed by atoms with Crippen LogP contribution in [-0.2, 0) is 38.4 Å². The summed E-state index contributed by atoms with van der Waals surface area (Å²) in [4.78, 5) is 47.4. The number of esters is 1. The standard InChI is InChI=1S/C22H33NO9S/c1-11-4-5-14-12(2)19(28-17(25)7-6-16(24)23-15(10-33)18(26)27)29-20-22(14)13(11)8-9-21(3,30-20)31-32-22/h11-15,19-20,33H,4-10H2,1-3H3,(H,23,24)(H,26,27)/t11-,12-,13+,14+,15+,19-,20-,21-,22+/m1/s1. The Morgan fingerprint density at radius 2 is 1.91 bits per heavy atom. The van der Waals surface area contributed by atoms with Crippen molar-refractivity contribution in [2.75, 3.05) is 5.75 Å². The number of hydrogen-bond donors (Lipinski definition) is 3. The van der Waals surface area contributed by atoms with E-state index in [4.69, 9.17) is 29.1 Å². The molecular weight excluding hydrogens is 454 g/mol. The zero-order valence-corrected chi connectivity index (χ0v) is 20.0. The first-order valence-electron chi connectivity index (χ1n) is 11.6. The Kier molecular flexibility index (Phi) is 6.99. The van der Waals surface area contributed by atoms with Crippen molar-refractivity contribution in [3.05, 3.63) is 0 Å². The first-order valence-corrected chi connectivity index (χ1v) is 12.3. The molecule has 11 heteroatoms. The molecule has 4 aliphatic heterocycles. The van der Waals surface area contributed by atoms with Crippen LogP contribution >= 0.6 is 12.6 Å².